The summed E-state index contributed by atoms with van der Waals surface area (Å²) in [5, 5.41) is 3.36. The number of aromatic nitrogens is 2. The standard InChI is InChI=1S/C23H19N3O4/c1-29-17-11-12-20(21(13-17)30-2)25-22(27)15-7-9-16(10-8-15)26-14-24-19-6-4-3-5-18(19)23(26)28/h3-14H,1-2H3,(H,25,27). The molecule has 4 aromatic rings. The van der Waals surface area contributed by atoms with Gasteiger partial charge in [0.25, 0.3) is 11.5 Å². The molecule has 0 saturated carbocycles. The fraction of sp³-hybridized carbons (Fsp3) is 0.0870. The number of carbonyl (C=O) groups is 1. The Balaban J connectivity index is 1.59. The van der Waals surface area contributed by atoms with E-state index in [1.54, 1.807) is 67.8 Å². The summed E-state index contributed by atoms with van der Waals surface area (Å²) < 4.78 is 11.9. The maximum atomic E-state index is 12.7. The van der Waals surface area contributed by atoms with Gasteiger partial charge in [-0.1, -0.05) is 12.1 Å². The lowest BCUT2D eigenvalue weighted by Crippen LogP contribution is -2.19. The van der Waals surface area contributed by atoms with E-state index in [9.17, 15) is 9.59 Å². The van der Waals surface area contributed by atoms with Crippen molar-refractivity contribution in [3.05, 3.63) is 89.0 Å². The van der Waals surface area contributed by atoms with Crippen molar-refractivity contribution in [1.29, 1.82) is 0 Å². The second-order valence-electron chi connectivity index (χ2n) is 6.50. The molecule has 0 aliphatic rings. The number of anilines is 1. The van der Waals surface area contributed by atoms with Crippen LogP contribution in [0.5, 0.6) is 11.5 Å². The van der Waals surface area contributed by atoms with Crippen molar-refractivity contribution < 1.29 is 14.3 Å². The van der Waals surface area contributed by atoms with Crippen LogP contribution in [0.1, 0.15) is 10.4 Å². The summed E-state index contributed by atoms with van der Waals surface area (Å²) in [5.74, 6) is 0.825. The van der Waals surface area contributed by atoms with Gasteiger partial charge in [-0.15, -0.1) is 0 Å². The zero-order valence-electron chi connectivity index (χ0n) is 16.5. The van der Waals surface area contributed by atoms with Gasteiger partial charge >= 0.3 is 0 Å². The number of methoxy groups -OCH3 is 2. The van der Waals surface area contributed by atoms with Crippen LogP contribution in [0.25, 0.3) is 16.6 Å². The van der Waals surface area contributed by atoms with Gasteiger partial charge in [-0.05, 0) is 48.5 Å². The average Bonchev–Trinajstić information content (AvgIpc) is 2.80. The Morgan fingerprint density at radius 3 is 2.47 bits per heavy atom. The maximum Gasteiger partial charge on any atom is 0.265 e. The molecule has 1 N–H and O–H groups in total. The van der Waals surface area contributed by atoms with Gasteiger partial charge < -0.3 is 14.8 Å². The first-order chi connectivity index (χ1) is 14.6. The van der Waals surface area contributed by atoms with Gasteiger partial charge in [-0.25, -0.2) is 4.98 Å². The first-order valence-electron chi connectivity index (χ1n) is 9.21. The molecule has 0 aliphatic carbocycles. The van der Waals surface area contributed by atoms with Crippen LogP contribution in [-0.4, -0.2) is 29.7 Å². The van der Waals surface area contributed by atoms with E-state index >= 15 is 0 Å². The Kier molecular flexibility index (Phi) is 5.17. The molecule has 7 nitrogen and oxygen atoms in total. The number of ether oxygens (including phenoxy) is 2. The highest BCUT2D eigenvalue weighted by Gasteiger charge is 2.12. The van der Waals surface area contributed by atoms with E-state index in [-0.39, 0.29) is 11.5 Å². The summed E-state index contributed by atoms with van der Waals surface area (Å²) in [7, 11) is 3.08. The first kappa shape index (κ1) is 19.2. The van der Waals surface area contributed by atoms with Gasteiger partial charge in [0.15, 0.2) is 0 Å². The Morgan fingerprint density at radius 1 is 0.967 bits per heavy atom. The maximum absolute atomic E-state index is 12.7. The van der Waals surface area contributed by atoms with Gasteiger partial charge in [0.2, 0.25) is 0 Å². The van der Waals surface area contributed by atoms with Crippen LogP contribution < -0.4 is 20.3 Å². The number of hydrogen-bond donors (Lipinski definition) is 1. The molecule has 1 amide bonds. The van der Waals surface area contributed by atoms with E-state index in [1.165, 1.54) is 18.0 Å². The first-order valence-corrected chi connectivity index (χ1v) is 9.21. The third-order valence-electron chi connectivity index (χ3n) is 4.73. The number of carbonyl (C=O) groups excluding carboxylic acids is 1. The van der Waals surface area contributed by atoms with Crippen LogP contribution in [0.4, 0.5) is 5.69 Å². The zero-order valence-corrected chi connectivity index (χ0v) is 16.5. The Hall–Kier alpha value is -4.13. The number of amides is 1. The smallest absolute Gasteiger partial charge is 0.265 e. The molecule has 0 fully saturated rings. The number of hydrogen-bond acceptors (Lipinski definition) is 5. The van der Waals surface area contributed by atoms with Crippen molar-refractivity contribution in [3.63, 3.8) is 0 Å². The number of benzene rings is 3. The van der Waals surface area contributed by atoms with Crippen LogP contribution in [0.3, 0.4) is 0 Å². The molecule has 150 valence electrons. The van der Waals surface area contributed by atoms with Crippen molar-refractivity contribution in [2.45, 2.75) is 0 Å². The zero-order chi connectivity index (χ0) is 21.1. The third kappa shape index (κ3) is 3.60. The molecule has 3 aromatic carbocycles. The number of nitrogens with zero attached hydrogens (tertiary/aromatic N) is 2. The molecule has 0 atom stereocenters. The van der Waals surface area contributed by atoms with E-state index < -0.39 is 0 Å². The van der Waals surface area contributed by atoms with E-state index in [1.807, 2.05) is 6.07 Å². The third-order valence-corrected chi connectivity index (χ3v) is 4.73. The van der Waals surface area contributed by atoms with Crippen LogP contribution in [0.15, 0.2) is 77.9 Å². The largest absolute Gasteiger partial charge is 0.497 e. The molecule has 1 heterocycles. The van der Waals surface area contributed by atoms with Gasteiger partial charge in [0.05, 0.1) is 36.5 Å². The summed E-state index contributed by atoms with van der Waals surface area (Å²) in [6.07, 6.45) is 1.49. The van der Waals surface area contributed by atoms with Crippen molar-refractivity contribution in [1.82, 2.24) is 9.55 Å². The molecular weight excluding hydrogens is 382 g/mol. The van der Waals surface area contributed by atoms with Gasteiger partial charge in [0.1, 0.15) is 17.8 Å². The van der Waals surface area contributed by atoms with Crippen LogP contribution in [0, 0.1) is 0 Å². The van der Waals surface area contributed by atoms with Crippen LogP contribution >= 0.6 is 0 Å². The number of para-hydroxylation sites is 1. The lowest BCUT2D eigenvalue weighted by Gasteiger charge is -2.12. The minimum atomic E-state index is -0.297. The molecule has 0 bridgehead atoms. The van der Waals surface area contributed by atoms with E-state index in [0.29, 0.717) is 39.3 Å². The van der Waals surface area contributed by atoms with Crippen molar-refractivity contribution in [2.24, 2.45) is 0 Å². The molecule has 7 heteroatoms. The lowest BCUT2D eigenvalue weighted by molar-refractivity contribution is 0.102. The molecule has 0 spiro atoms. The molecule has 0 radical (unpaired) electrons. The molecule has 0 unspecified atom stereocenters. The van der Waals surface area contributed by atoms with E-state index in [0.717, 1.165) is 0 Å². The second-order valence-corrected chi connectivity index (χ2v) is 6.50. The van der Waals surface area contributed by atoms with Gasteiger partial charge in [0, 0.05) is 11.6 Å². The fourth-order valence-corrected chi connectivity index (χ4v) is 3.12. The predicted molar refractivity (Wildman–Crippen MR) is 115 cm³/mol. The fourth-order valence-electron chi connectivity index (χ4n) is 3.12. The van der Waals surface area contributed by atoms with E-state index in [4.69, 9.17) is 9.47 Å². The number of nitrogens with one attached hydrogen (secondary N) is 1. The monoisotopic (exact) mass is 401 g/mol. The van der Waals surface area contributed by atoms with Gasteiger partial charge in [-0.3, -0.25) is 14.2 Å². The minimum Gasteiger partial charge on any atom is -0.497 e. The predicted octanol–water partition coefficient (Wildman–Crippen LogP) is 3.66. The normalized spacial score (nSPS) is 10.6. The topological polar surface area (TPSA) is 82.5 Å². The highest BCUT2D eigenvalue weighted by molar-refractivity contribution is 6.05. The Morgan fingerprint density at radius 2 is 1.73 bits per heavy atom. The molecule has 0 saturated heterocycles. The molecule has 30 heavy (non-hydrogen) atoms. The minimum absolute atomic E-state index is 0.166. The van der Waals surface area contributed by atoms with Crippen LogP contribution in [0.2, 0.25) is 0 Å². The van der Waals surface area contributed by atoms with Crippen LogP contribution in [-0.2, 0) is 0 Å². The molecule has 1 aromatic heterocycles. The summed E-state index contributed by atoms with van der Waals surface area (Å²) >= 11 is 0. The summed E-state index contributed by atoms with van der Waals surface area (Å²) in [5.41, 5.74) is 2.07. The van der Waals surface area contributed by atoms with Crippen molar-refractivity contribution in [2.75, 3.05) is 19.5 Å². The molecule has 4 rings (SSSR count). The lowest BCUT2D eigenvalue weighted by atomic mass is 10.1. The SMILES string of the molecule is COc1ccc(NC(=O)c2ccc(-n3cnc4ccccc4c3=O)cc2)c(OC)c1. The molecular formula is C23H19N3O4. The highest BCUT2D eigenvalue weighted by Crippen LogP contribution is 2.29. The average molecular weight is 401 g/mol. The Bertz CT molecular complexity index is 1280. The summed E-state index contributed by atoms with van der Waals surface area (Å²) in [6, 6.07) is 19.0. The molecule has 0 aliphatic heterocycles. The quantitative estimate of drug-likeness (QED) is 0.552. The second kappa shape index (κ2) is 8.08. The van der Waals surface area contributed by atoms with Crippen molar-refractivity contribution in [3.8, 4) is 17.2 Å². The summed E-state index contributed by atoms with van der Waals surface area (Å²) in [6.45, 7) is 0. The number of fused-ring (bicyclic) bond motifs is 1. The van der Waals surface area contributed by atoms with Crippen molar-refractivity contribution >= 4 is 22.5 Å². The van der Waals surface area contributed by atoms with E-state index in [2.05, 4.69) is 10.3 Å². The summed E-state index contributed by atoms with van der Waals surface area (Å²) in [4.78, 5) is 29.7. The number of rotatable bonds is 5. The Labute approximate surface area is 172 Å². The highest BCUT2D eigenvalue weighted by atomic mass is 16.5. The van der Waals surface area contributed by atoms with Gasteiger partial charge in [-0.2, -0.15) is 0 Å².